The fourth-order valence-corrected chi connectivity index (χ4v) is 2.77. The Balaban J connectivity index is 1.81. The molecule has 3 atom stereocenters. The fourth-order valence-electron chi connectivity index (χ4n) is 2.77. The lowest BCUT2D eigenvalue weighted by Crippen LogP contribution is -1.95. The van der Waals surface area contributed by atoms with E-state index in [0.717, 1.165) is 17.8 Å². The van der Waals surface area contributed by atoms with Crippen LogP contribution >= 0.6 is 0 Å². The second kappa shape index (κ2) is 8.14. The monoisotopic (exact) mass is 224 g/mol. The summed E-state index contributed by atoms with van der Waals surface area (Å²) in [5.41, 5.74) is 0. The summed E-state index contributed by atoms with van der Waals surface area (Å²) in [7, 11) is 0. The minimum absolute atomic E-state index is 0.982. The highest BCUT2D eigenvalue weighted by Gasteiger charge is 2.31. The fraction of sp³-hybridized carbons (Fsp3) is 1.00. The van der Waals surface area contributed by atoms with E-state index in [1.165, 1.54) is 64.2 Å². The van der Waals surface area contributed by atoms with Gasteiger partial charge in [-0.25, -0.2) is 0 Å². The minimum Gasteiger partial charge on any atom is -0.0654 e. The number of hydrogen-bond donors (Lipinski definition) is 0. The molecule has 1 fully saturated rings. The molecule has 0 aliphatic heterocycles. The van der Waals surface area contributed by atoms with Gasteiger partial charge in [-0.15, -0.1) is 0 Å². The standard InChI is InChI=1S/C16H32/c1-4-5-6-7-8-10-14(2)11-9-12-16-13-15(16)3/h14-16H,4-13H2,1-3H3. The van der Waals surface area contributed by atoms with Crippen molar-refractivity contribution in [2.24, 2.45) is 17.8 Å². The Labute approximate surface area is 103 Å². The van der Waals surface area contributed by atoms with Crippen molar-refractivity contribution in [2.45, 2.75) is 85.0 Å². The Hall–Kier alpha value is 0. The first kappa shape index (κ1) is 14.1. The molecule has 1 rings (SSSR count). The Morgan fingerprint density at radius 1 is 1.00 bits per heavy atom. The van der Waals surface area contributed by atoms with E-state index in [9.17, 15) is 0 Å². The SMILES string of the molecule is CCCCCCCC(C)CCCC1CC1C. The third-order valence-corrected chi connectivity index (χ3v) is 4.35. The van der Waals surface area contributed by atoms with Crippen LogP contribution in [0.5, 0.6) is 0 Å². The van der Waals surface area contributed by atoms with E-state index in [0.29, 0.717) is 0 Å². The Bertz CT molecular complexity index is 161. The zero-order valence-corrected chi connectivity index (χ0v) is 11.8. The highest BCUT2D eigenvalue weighted by molar-refractivity contribution is 4.81. The lowest BCUT2D eigenvalue weighted by atomic mass is 9.96. The van der Waals surface area contributed by atoms with Gasteiger partial charge in [0, 0.05) is 0 Å². The van der Waals surface area contributed by atoms with Crippen molar-refractivity contribution in [2.75, 3.05) is 0 Å². The minimum atomic E-state index is 0.982. The van der Waals surface area contributed by atoms with Gasteiger partial charge in [-0.05, 0) is 24.2 Å². The first-order chi connectivity index (χ1) is 7.74. The highest BCUT2D eigenvalue weighted by Crippen LogP contribution is 2.41. The summed E-state index contributed by atoms with van der Waals surface area (Å²) in [4.78, 5) is 0. The molecule has 0 amide bonds. The van der Waals surface area contributed by atoms with Crippen molar-refractivity contribution >= 4 is 0 Å². The molecule has 0 aromatic carbocycles. The number of unbranched alkanes of at least 4 members (excludes halogenated alkanes) is 4. The normalized spacial score (nSPS) is 25.7. The molecule has 0 aromatic heterocycles. The lowest BCUT2D eigenvalue weighted by Gasteiger charge is -2.10. The smallest absolute Gasteiger partial charge is 0.0386 e. The van der Waals surface area contributed by atoms with Crippen molar-refractivity contribution in [3.8, 4) is 0 Å². The van der Waals surface area contributed by atoms with Gasteiger partial charge in [0.2, 0.25) is 0 Å². The topological polar surface area (TPSA) is 0 Å². The van der Waals surface area contributed by atoms with Gasteiger partial charge in [0.15, 0.2) is 0 Å². The van der Waals surface area contributed by atoms with Crippen molar-refractivity contribution in [1.82, 2.24) is 0 Å². The highest BCUT2D eigenvalue weighted by atomic mass is 14.4. The number of rotatable bonds is 10. The molecule has 0 nitrogen and oxygen atoms in total. The lowest BCUT2D eigenvalue weighted by molar-refractivity contribution is 0.430. The maximum absolute atomic E-state index is 2.45. The van der Waals surface area contributed by atoms with Crippen molar-refractivity contribution in [3.05, 3.63) is 0 Å². The van der Waals surface area contributed by atoms with Crippen LogP contribution in [-0.4, -0.2) is 0 Å². The van der Waals surface area contributed by atoms with Crippen molar-refractivity contribution in [1.29, 1.82) is 0 Å². The summed E-state index contributed by atoms with van der Waals surface area (Å²) in [6.45, 7) is 7.15. The first-order valence-electron chi connectivity index (χ1n) is 7.74. The molecule has 0 bridgehead atoms. The third kappa shape index (κ3) is 6.55. The van der Waals surface area contributed by atoms with Crippen molar-refractivity contribution < 1.29 is 0 Å². The van der Waals surface area contributed by atoms with E-state index in [1.54, 1.807) is 0 Å². The Morgan fingerprint density at radius 2 is 1.62 bits per heavy atom. The van der Waals surface area contributed by atoms with E-state index in [-0.39, 0.29) is 0 Å². The molecule has 0 spiro atoms. The molecule has 1 aliphatic rings. The third-order valence-electron chi connectivity index (χ3n) is 4.35. The zero-order chi connectivity index (χ0) is 11.8. The van der Waals surface area contributed by atoms with Gasteiger partial charge in [0.25, 0.3) is 0 Å². The van der Waals surface area contributed by atoms with Gasteiger partial charge in [-0.3, -0.25) is 0 Å². The number of hydrogen-bond acceptors (Lipinski definition) is 0. The molecule has 0 aromatic rings. The summed E-state index contributed by atoms with van der Waals surface area (Å²) in [5, 5.41) is 0. The molecule has 0 heteroatoms. The van der Waals surface area contributed by atoms with Crippen LogP contribution in [0.3, 0.4) is 0 Å². The van der Waals surface area contributed by atoms with Crippen LogP contribution in [0.25, 0.3) is 0 Å². The van der Waals surface area contributed by atoms with Crippen LogP contribution in [0.15, 0.2) is 0 Å². The van der Waals surface area contributed by atoms with Crippen LogP contribution in [0.4, 0.5) is 0 Å². The molecule has 3 unspecified atom stereocenters. The van der Waals surface area contributed by atoms with E-state index in [4.69, 9.17) is 0 Å². The molecule has 0 heterocycles. The molecular formula is C16H32. The molecule has 0 saturated heterocycles. The average molecular weight is 224 g/mol. The predicted molar refractivity (Wildman–Crippen MR) is 73.7 cm³/mol. The largest absolute Gasteiger partial charge is 0.0654 e. The molecule has 1 saturated carbocycles. The molecule has 0 N–H and O–H groups in total. The maximum atomic E-state index is 2.45. The van der Waals surface area contributed by atoms with E-state index in [1.807, 2.05) is 0 Å². The molecule has 1 aliphatic carbocycles. The molecule has 16 heavy (non-hydrogen) atoms. The second-order valence-corrected chi connectivity index (χ2v) is 6.21. The summed E-state index contributed by atoms with van der Waals surface area (Å²) in [6.07, 6.45) is 14.7. The van der Waals surface area contributed by atoms with Gasteiger partial charge in [-0.2, -0.15) is 0 Å². The summed E-state index contributed by atoms with van der Waals surface area (Å²) >= 11 is 0. The van der Waals surface area contributed by atoms with Crippen LogP contribution in [0.2, 0.25) is 0 Å². The van der Waals surface area contributed by atoms with E-state index in [2.05, 4.69) is 20.8 Å². The van der Waals surface area contributed by atoms with Gasteiger partial charge in [0.05, 0.1) is 0 Å². The summed E-state index contributed by atoms with van der Waals surface area (Å²) in [5.74, 6) is 3.15. The summed E-state index contributed by atoms with van der Waals surface area (Å²) in [6, 6.07) is 0. The maximum Gasteiger partial charge on any atom is -0.0386 e. The van der Waals surface area contributed by atoms with Crippen LogP contribution in [0.1, 0.15) is 85.0 Å². The zero-order valence-electron chi connectivity index (χ0n) is 11.8. The van der Waals surface area contributed by atoms with Crippen molar-refractivity contribution in [3.63, 3.8) is 0 Å². The quantitative estimate of drug-likeness (QED) is 0.411. The van der Waals surface area contributed by atoms with Gasteiger partial charge in [-0.1, -0.05) is 78.6 Å². The Morgan fingerprint density at radius 3 is 2.25 bits per heavy atom. The first-order valence-corrected chi connectivity index (χ1v) is 7.74. The van der Waals surface area contributed by atoms with Crippen LogP contribution < -0.4 is 0 Å². The Kier molecular flexibility index (Phi) is 7.16. The van der Waals surface area contributed by atoms with Crippen LogP contribution in [-0.2, 0) is 0 Å². The van der Waals surface area contributed by atoms with Gasteiger partial charge in [0.1, 0.15) is 0 Å². The molecule has 96 valence electrons. The second-order valence-electron chi connectivity index (χ2n) is 6.21. The summed E-state index contributed by atoms with van der Waals surface area (Å²) < 4.78 is 0. The van der Waals surface area contributed by atoms with Gasteiger partial charge < -0.3 is 0 Å². The van der Waals surface area contributed by atoms with Gasteiger partial charge >= 0.3 is 0 Å². The molecule has 0 radical (unpaired) electrons. The van der Waals surface area contributed by atoms with E-state index < -0.39 is 0 Å². The van der Waals surface area contributed by atoms with E-state index >= 15 is 0 Å². The predicted octanol–water partition coefficient (Wildman–Crippen LogP) is 5.81. The molecular weight excluding hydrogens is 192 g/mol. The average Bonchev–Trinajstić information content (AvgIpc) is 2.94. The van der Waals surface area contributed by atoms with Crippen LogP contribution in [0, 0.1) is 17.8 Å².